The van der Waals surface area contributed by atoms with Gasteiger partial charge in [-0.05, 0) is 19.8 Å². The number of nitrogens with two attached hydrogens (primary N) is 1. The molecule has 47 heavy (non-hydrogen) atoms. The molecule has 0 heterocycles. The molecule has 0 aromatic carbocycles. The molecular formula is C40H78N2O5. The average molecular weight is 667 g/mol. The topological polar surface area (TPSA) is 108 Å². The Morgan fingerprint density at radius 3 is 0.979 bits per heavy atom. The fourth-order valence-corrected chi connectivity index (χ4v) is 6.19. The fourth-order valence-electron chi connectivity index (χ4n) is 6.19. The van der Waals surface area contributed by atoms with Crippen molar-refractivity contribution in [2.45, 2.75) is 239 Å². The summed E-state index contributed by atoms with van der Waals surface area (Å²) in [6.07, 6.45) is 36.7. The first-order valence-electron chi connectivity index (χ1n) is 20.4. The maximum absolute atomic E-state index is 12.4. The van der Waals surface area contributed by atoms with Gasteiger partial charge in [0.25, 0.3) is 0 Å². The van der Waals surface area contributed by atoms with Crippen molar-refractivity contribution in [2.75, 3.05) is 0 Å². The van der Waals surface area contributed by atoms with Crippen LogP contribution < -0.4 is 11.1 Å². The molecule has 0 aliphatic carbocycles. The highest BCUT2D eigenvalue weighted by Crippen LogP contribution is 2.16. The third-order valence-electron chi connectivity index (χ3n) is 9.26. The molecule has 7 nitrogen and oxygen atoms in total. The number of unbranched alkanes of at least 4 members (excludes halogenated alkanes) is 28. The zero-order chi connectivity index (χ0) is 34.6. The van der Waals surface area contributed by atoms with Crippen LogP contribution in [0.15, 0.2) is 0 Å². The monoisotopic (exact) mass is 667 g/mol. The van der Waals surface area contributed by atoms with Crippen LogP contribution in [0, 0.1) is 0 Å². The zero-order valence-corrected chi connectivity index (χ0v) is 31.4. The highest BCUT2D eigenvalue weighted by Gasteiger charge is 2.26. The van der Waals surface area contributed by atoms with Crippen molar-refractivity contribution >= 4 is 18.0 Å². The van der Waals surface area contributed by atoms with Gasteiger partial charge in [-0.25, -0.2) is 4.79 Å². The smallest absolute Gasteiger partial charge is 0.315 e. The largest absolute Gasteiger partial charge is 0.457 e. The average Bonchev–Trinajstić information content (AvgIpc) is 3.04. The molecule has 0 rings (SSSR count). The second-order valence-corrected chi connectivity index (χ2v) is 14.0. The number of hydrogen-bond donors (Lipinski definition) is 2. The van der Waals surface area contributed by atoms with Gasteiger partial charge in [0.15, 0.2) is 6.10 Å². The van der Waals surface area contributed by atoms with Gasteiger partial charge in [0.1, 0.15) is 0 Å². The van der Waals surface area contributed by atoms with Crippen LogP contribution in [0.25, 0.3) is 0 Å². The van der Waals surface area contributed by atoms with Gasteiger partial charge in [0.05, 0.1) is 0 Å². The van der Waals surface area contributed by atoms with E-state index in [9.17, 15) is 14.4 Å². The summed E-state index contributed by atoms with van der Waals surface area (Å²) in [5.41, 5.74) is 5.29. The number of hydrogen-bond acceptors (Lipinski definition) is 5. The number of nitrogens with one attached hydrogen (secondary N) is 1. The number of primary amides is 1. The number of carbonyl (C=O) groups excluding carboxylic acids is 3. The van der Waals surface area contributed by atoms with Crippen molar-refractivity contribution in [1.82, 2.24) is 5.32 Å². The lowest BCUT2D eigenvalue weighted by molar-refractivity contribution is -0.168. The lowest BCUT2D eigenvalue weighted by atomic mass is 10.0. The van der Waals surface area contributed by atoms with Gasteiger partial charge in [-0.3, -0.25) is 14.9 Å². The summed E-state index contributed by atoms with van der Waals surface area (Å²) in [6, 6.07) is -0.819. The summed E-state index contributed by atoms with van der Waals surface area (Å²) in [4.78, 5) is 36.3. The number of urea groups is 1. The van der Waals surface area contributed by atoms with Gasteiger partial charge in [0, 0.05) is 12.8 Å². The first-order chi connectivity index (χ1) is 22.9. The van der Waals surface area contributed by atoms with Crippen LogP contribution in [0.5, 0.6) is 0 Å². The summed E-state index contributed by atoms with van der Waals surface area (Å²) in [5, 5.41) is 2.41. The highest BCUT2D eigenvalue weighted by molar-refractivity contribution is 5.74. The Morgan fingerprint density at radius 1 is 0.447 bits per heavy atom. The highest BCUT2D eigenvalue weighted by atomic mass is 16.6. The number of esters is 2. The van der Waals surface area contributed by atoms with E-state index >= 15 is 0 Å². The molecule has 0 aromatic heterocycles. The molecule has 0 aromatic rings. The van der Waals surface area contributed by atoms with Crippen molar-refractivity contribution in [3.05, 3.63) is 0 Å². The molecule has 2 amide bonds. The normalized spacial score (nSPS) is 12.5. The molecule has 0 radical (unpaired) electrons. The van der Waals surface area contributed by atoms with E-state index in [2.05, 4.69) is 19.2 Å². The minimum Gasteiger partial charge on any atom is -0.457 e. The third kappa shape index (κ3) is 33.9. The summed E-state index contributed by atoms with van der Waals surface area (Å²) < 4.78 is 10.9. The van der Waals surface area contributed by atoms with Crippen LogP contribution in [0.4, 0.5) is 4.79 Å². The van der Waals surface area contributed by atoms with E-state index in [1.807, 2.05) is 0 Å². The zero-order valence-electron chi connectivity index (χ0n) is 31.4. The molecule has 2 unspecified atom stereocenters. The molecule has 3 N–H and O–H groups in total. The molecule has 0 bridgehead atoms. The number of carbonyl (C=O) groups is 3. The Balaban J connectivity index is 3.84. The Kier molecular flexibility index (Phi) is 34.2. The Morgan fingerprint density at radius 2 is 0.702 bits per heavy atom. The van der Waals surface area contributed by atoms with Crippen LogP contribution in [-0.2, 0) is 19.1 Å². The predicted molar refractivity (Wildman–Crippen MR) is 197 cm³/mol. The SMILES string of the molecule is CCCCCCCCCCCCCCCCCC(=O)OC(C)C(NC(N)=O)OC(=O)CCCCCCCCCCCCCCCCC. The van der Waals surface area contributed by atoms with E-state index in [1.165, 1.54) is 154 Å². The van der Waals surface area contributed by atoms with Crippen LogP contribution in [-0.4, -0.2) is 30.3 Å². The van der Waals surface area contributed by atoms with Crippen LogP contribution in [0.1, 0.15) is 226 Å². The molecule has 0 fully saturated rings. The molecule has 0 saturated carbocycles. The number of rotatable bonds is 36. The minimum atomic E-state index is -1.08. The Hall–Kier alpha value is -1.79. The van der Waals surface area contributed by atoms with E-state index in [-0.39, 0.29) is 12.4 Å². The molecule has 0 spiro atoms. The van der Waals surface area contributed by atoms with Gasteiger partial charge in [-0.1, -0.05) is 194 Å². The van der Waals surface area contributed by atoms with Crippen LogP contribution in [0.2, 0.25) is 0 Å². The number of amides is 2. The number of ether oxygens (including phenoxy) is 2. The summed E-state index contributed by atoms with van der Waals surface area (Å²) in [6.45, 7) is 6.15. The minimum absolute atomic E-state index is 0.273. The quantitative estimate of drug-likeness (QED) is 0.0393. The maximum atomic E-state index is 12.4. The first kappa shape index (κ1) is 45.2. The van der Waals surface area contributed by atoms with E-state index in [0.717, 1.165) is 38.5 Å². The second-order valence-electron chi connectivity index (χ2n) is 14.0. The Labute approximate surface area is 291 Å². The van der Waals surface area contributed by atoms with Crippen molar-refractivity contribution in [1.29, 1.82) is 0 Å². The molecule has 278 valence electrons. The maximum Gasteiger partial charge on any atom is 0.315 e. The predicted octanol–water partition coefficient (Wildman–Crippen LogP) is 12.0. The third-order valence-corrected chi connectivity index (χ3v) is 9.26. The molecular weight excluding hydrogens is 588 g/mol. The molecule has 0 aliphatic heterocycles. The molecule has 0 aliphatic rings. The van der Waals surface area contributed by atoms with Crippen LogP contribution >= 0.6 is 0 Å². The van der Waals surface area contributed by atoms with Gasteiger partial charge in [0.2, 0.25) is 6.23 Å². The van der Waals surface area contributed by atoms with Gasteiger partial charge < -0.3 is 15.2 Å². The lowest BCUT2D eigenvalue weighted by Gasteiger charge is -2.24. The fraction of sp³-hybridized carbons (Fsp3) is 0.925. The van der Waals surface area contributed by atoms with Gasteiger partial charge in [-0.15, -0.1) is 0 Å². The van der Waals surface area contributed by atoms with E-state index < -0.39 is 24.3 Å². The molecule has 2 atom stereocenters. The molecule has 0 saturated heterocycles. The van der Waals surface area contributed by atoms with Crippen LogP contribution in [0.3, 0.4) is 0 Å². The van der Waals surface area contributed by atoms with E-state index in [0.29, 0.717) is 6.42 Å². The first-order valence-corrected chi connectivity index (χ1v) is 20.4. The van der Waals surface area contributed by atoms with E-state index in [1.54, 1.807) is 6.92 Å². The van der Waals surface area contributed by atoms with Crippen molar-refractivity contribution in [3.63, 3.8) is 0 Å². The second kappa shape index (κ2) is 35.5. The van der Waals surface area contributed by atoms with Crippen molar-refractivity contribution in [2.24, 2.45) is 5.73 Å². The summed E-state index contributed by atoms with van der Waals surface area (Å²) >= 11 is 0. The lowest BCUT2D eigenvalue weighted by Crippen LogP contribution is -2.48. The summed E-state index contributed by atoms with van der Waals surface area (Å²) in [7, 11) is 0. The van der Waals surface area contributed by atoms with Crippen molar-refractivity contribution < 1.29 is 23.9 Å². The van der Waals surface area contributed by atoms with E-state index in [4.69, 9.17) is 15.2 Å². The van der Waals surface area contributed by atoms with Gasteiger partial charge >= 0.3 is 18.0 Å². The summed E-state index contributed by atoms with van der Waals surface area (Å²) in [5.74, 6) is -0.759. The Bertz CT molecular complexity index is 717. The van der Waals surface area contributed by atoms with Gasteiger partial charge in [-0.2, -0.15) is 0 Å². The standard InChI is InChI=1S/C40H78N2O5/c1-4-6-8-10-12-14-16-18-20-22-24-26-28-30-32-34-37(43)46-36(3)39(42-40(41)45)47-38(44)35-33-31-29-27-25-23-21-19-17-15-13-11-9-7-5-2/h36,39H,4-35H2,1-3H3,(H3,41,42,45). The van der Waals surface area contributed by atoms with Crippen molar-refractivity contribution in [3.8, 4) is 0 Å². The molecule has 7 heteroatoms.